The van der Waals surface area contributed by atoms with Crippen LogP contribution in [-0.2, 0) is 4.79 Å². The van der Waals surface area contributed by atoms with E-state index in [0.717, 1.165) is 5.56 Å². The van der Waals surface area contributed by atoms with Gasteiger partial charge in [0.25, 0.3) is 5.91 Å². The van der Waals surface area contributed by atoms with E-state index in [1.54, 1.807) is 36.8 Å². The van der Waals surface area contributed by atoms with Crippen LogP contribution in [0.3, 0.4) is 0 Å². The third kappa shape index (κ3) is 6.16. The summed E-state index contributed by atoms with van der Waals surface area (Å²) in [5, 5.41) is 17.1. The maximum Gasteiger partial charge on any atom is 0.316 e. The summed E-state index contributed by atoms with van der Waals surface area (Å²) >= 11 is 0. The molecule has 0 aromatic carbocycles. The van der Waals surface area contributed by atoms with E-state index in [9.17, 15) is 4.79 Å². The summed E-state index contributed by atoms with van der Waals surface area (Å²) in [5.74, 6) is 1.65. The molecule has 0 atom stereocenters. The summed E-state index contributed by atoms with van der Waals surface area (Å²) in [4.78, 5) is 23.7. The number of hydrogen-bond donors (Lipinski definition) is 3. The molecule has 10 nitrogen and oxygen atoms in total. The molecule has 0 aliphatic carbocycles. The Morgan fingerprint density at radius 1 is 0.964 bits per heavy atom. The smallest absolute Gasteiger partial charge is 0.316 e. The number of ether oxygens (including phenoxy) is 1. The minimum absolute atomic E-state index is 0.142. The Morgan fingerprint density at radius 2 is 1.75 bits per heavy atom. The van der Waals surface area contributed by atoms with E-state index in [1.165, 1.54) is 0 Å². The van der Waals surface area contributed by atoms with E-state index in [-0.39, 0.29) is 18.5 Å². The Bertz CT molecular complexity index is 890. The standard InChI is InChI=1S/C18H20N8O2/c1-13-5-8-19-16(11-13)24-15-4-3-14(25-26-15)20-9-10-21-17(27)12-28-18-22-6-2-7-23-18/h2-8,11H,9-10,12H2,1H3,(H,20,25)(H,21,27)(H,19,24,26). The zero-order valence-electron chi connectivity index (χ0n) is 15.3. The van der Waals surface area contributed by atoms with E-state index in [2.05, 4.69) is 41.1 Å². The lowest BCUT2D eigenvalue weighted by atomic mass is 10.3. The number of aromatic nitrogens is 5. The molecule has 3 rings (SSSR count). The number of nitrogens with zero attached hydrogens (tertiary/aromatic N) is 5. The normalized spacial score (nSPS) is 10.2. The first-order valence-corrected chi connectivity index (χ1v) is 8.63. The summed E-state index contributed by atoms with van der Waals surface area (Å²) in [5.41, 5.74) is 1.10. The number of nitrogens with one attached hydrogen (secondary N) is 3. The molecule has 3 N–H and O–H groups in total. The van der Waals surface area contributed by atoms with Gasteiger partial charge in [0.2, 0.25) is 0 Å². The van der Waals surface area contributed by atoms with Gasteiger partial charge in [-0.2, -0.15) is 0 Å². The molecular formula is C18H20N8O2. The Kier molecular flexibility index (Phi) is 6.61. The van der Waals surface area contributed by atoms with Crippen molar-refractivity contribution in [2.45, 2.75) is 6.92 Å². The molecule has 1 amide bonds. The fraction of sp³-hybridized carbons (Fsp3) is 0.222. The number of hydrogen-bond acceptors (Lipinski definition) is 9. The number of carbonyl (C=O) groups excluding carboxylic acids is 1. The van der Waals surface area contributed by atoms with Crippen molar-refractivity contribution in [2.24, 2.45) is 0 Å². The number of rotatable bonds is 9. The number of pyridine rings is 1. The minimum atomic E-state index is -0.259. The highest BCUT2D eigenvalue weighted by molar-refractivity contribution is 5.77. The molecule has 28 heavy (non-hydrogen) atoms. The monoisotopic (exact) mass is 380 g/mol. The second-order valence-corrected chi connectivity index (χ2v) is 5.74. The van der Waals surface area contributed by atoms with Gasteiger partial charge in [-0.25, -0.2) is 15.0 Å². The van der Waals surface area contributed by atoms with E-state index >= 15 is 0 Å². The summed E-state index contributed by atoms with van der Waals surface area (Å²) in [6.07, 6.45) is 4.82. The molecule has 0 unspecified atom stereocenters. The molecule has 0 fully saturated rings. The first-order chi connectivity index (χ1) is 13.7. The highest BCUT2D eigenvalue weighted by Crippen LogP contribution is 2.13. The highest BCUT2D eigenvalue weighted by atomic mass is 16.5. The maximum absolute atomic E-state index is 11.7. The quantitative estimate of drug-likeness (QED) is 0.471. The van der Waals surface area contributed by atoms with E-state index in [4.69, 9.17) is 4.74 Å². The van der Waals surface area contributed by atoms with Crippen LogP contribution in [0.15, 0.2) is 48.9 Å². The van der Waals surface area contributed by atoms with Crippen LogP contribution < -0.4 is 20.7 Å². The molecule has 0 radical (unpaired) electrons. The second-order valence-electron chi connectivity index (χ2n) is 5.74. The molecule has 3 heterocycles. The fourth-order valence-corrected chi connectivity index (χ4v) is 2.16. The van der Waals surface area contributed by atoms with Gasteiger partial charge >= 0.3 is 6.01 Å². The van der Waals surface area contributed by atoms with Crippen LogP contribution in [-0.4, -0.2) is 50.8 Å². The second kappa shape index (κ2) is 9.76. The van der Waals surface area contributed by atoms with Gasteiger partial charge < -0.3 is 20.7 Å². The van der Waals surface area contributed by atoms with Crippen LogP contribution >= 0.6 is 0 Å². The Balaban J connectivity index is 1.35. The Labute approximate surface area is 161 Å². The zero-order valence-corrected chi connectivity index (χ0v) is 15.3. The number of anilines is 3. The third-order valence-corrected chi connectivity index (χ3v) is 3.46. The maximum atomic E-state index is 11.7. The molecule has 0 spiro atoms. The van der Waals surface area contributed by atoms with Crippen molar-refractivity contribution in [2.75, 3.05) is 30.3 Å². The average molecular weight is 380 g/mol. The number of amides is 1. The van der Waals surface area contributed by atoms with Gasteiger partial charge in [-0.05, 0) is 42.8 Å². The van der Waals surface area contributed by atoms with Crippen LogP contribution in [0.1, 0.15) is 5.56 Å². The topological polar surface area (TPSA) is 127 Å². The van der Waals surface area contributed by atoms with Crippen LogP contribution in [0.4, 0.5) is 17.5 Å². The Morgan fingerprint density at radius 3 is 2.50 bits per heavy atom. The van der Waals surface area contributed by atoms with Crippen molar-refractivity contribution in [3.8, 4) is 6.01 Å². The van der Waals surface area contributed by atoms with E-state index in [1.807, 2.05) is 19.1 Å². The highest BCUT2D eigenvalue weighted by Gasteiger charge is 2.04. The lowest BCUT2D eigenvalue weighted by Crippen LogP contribution is -2.33. The lowest BCUT2D eigenvalue weighted by Gasteiger charge is -2.08. The SMILES string of the molecule is Cc1ccnc(Nc2ccc(NCCNC(=O)COc3ncccn3)nn2)c1. The molecule has 0 bridgehead atoms. The van der Waals surface area contributed by atoms with Crippen LogP contribution in [0, 0.1) is 6.92 Å². The van der Waals surface area contributed by atoms with Gasteiger partial charge in [-0.3, -0.25) is 4.79 Å². The first-order valence-electron chi connectivity index (χ1n) is 8.63. The molecule has 0 aliphatic rings. The van der Waals surface area contributed by atoms with Crippen LogP contribution in [0.25, 0.3) is 0 Å². The molecule has 3 aromatic rings. The summed E-state index contributed by atoms with van der Waals surface area (Å²) in [6, 6.07) is 9.27. The van der Waals surface area contributed by atoms with E-state index < -0.39 is 0 Å². The van der Waals surface area contributed by atoms with Gasteiger partial charge in [0.05, 0.1) is 0 Å². The van der Waals surface area contributed by atoms with Crippen LogP contribution in [0.2, 0.25) is 0 Å². The summed E-state index contributed by atoms with van der Waals surface area (Å²) < 4.78 is 5.16. The summed E-state index contributed by atoms with van der Waals surface area (Å²) in [6.45, 7) is 2.75. The minimum Gasteiger partial charge on any atom is -0.453 e. The van der Waals surface area contributed by atoms with Crippen molar-refractivity contribution in [1.82, 2.24) is 30.5 Å². The molecule has 3 aromatic heterocycles. The number of aryl methyl sites for hydroxylation is 1. The van der Waals surface area contributed by atoms with Crippen LogP contribution in [0.5, 0.6) is 6.01 Å². The third-order valence-electron chi connectivity index (χ3n) is 3.46. The van der Waals surface area contributed by atoms with Gasteiger partial charge in [0, 0.05) is 31.7 Å². The molecule has 144 valence electrons. The number of carbonyl (C=O) groups is 1. The van der Waals surface area contributed by atoms with Crippen molar-refractivity contribution in [3.63, 3.8) is 0 Å². The van der Waals surface area contributed by atoms with Crippen molar-refractivity contribution in [3.05, 3.63) is 54.5 Å². The first kappa shape index (κ1) is 19.0. The van der Waals surface area contributed by atoms with Gasteiger partial charge in [-0.1, -0.05) is 0 Å². The van der Waals surface area contributed by atoms with Gasteiger partial charge in [0.15, 0.2) is 12.4 Å². The average Bonchev–Trinajstić information content (AvgIpc) is 2.72. The van der Waals surface area contributed by atoms with Crippen molar-refractivity contribution >= 4 is 23.4 Å². The largest absolute Gasteiger partial charge is 0.453 e. The molecule has 10 heteroatoms. The predicted octanol–water partition coefficient (Wildman–Crippen LogP) is 1.32. The summed E-state index contributed by atoms with van der Waals surface area (Å²) in [7, 11) is 0. The van der Waals surface area contributed by atoms with Gasteiger partial charge in [-0.15, -0.1) is 10.2 Å². The van der Waals surface area contributed by atoms with Crippen molar-refractivity contribution < 1.29 is 9.53 Å². The molecule has 0 saturated carbocycles. The Hall–Kier alpha value is -3.82. The fourth-order valence-electron chi connectivity index (χ4n) is 2.16. The van der Waals surface area contributed by atoms with Crippen molar-refractivity contribution in [1.29, 1.82) is 0 Å². The predicted molar refractivity (Wildman–Crippen MR) is 103 cm³/mol. The molecule has 0 aliphatic heterocycles. The lowest BCUT2D eigenvalue weighted by molar-refractivity contribution is -0.123. The van der Waals surface area contributed by atoms with Gasteiger partial charge in [0.1, 0.15) is 11.6 Å². The molecule has 0 saturated heterocycles. The zero-order chi connectivity index (χ0) is 19.6. The molecular weight excluding hydrogens is 360 g/mol. The van der Waals surface area contributed by atoms with E-state index in [0.29, 0.717) is 30.5 Å².